The summed E-state index contributed by atoms with van der Waals surface area (Å²) in [6.07, 6.45) is 3.15. The standard InChI is InChI=1S/C13H13BrN2O2/c1-9(10-3-5-11(14)6-4-10)16-8-15-7-12(16)13(17)18-2/h3-9H,1-2H3. The van der Waals surface area contributed by atoms with Gasteiger partial charge in [0.2, 0.25) is 0 Å². The molecule has 0 aliphatic heterocycles. The SMILES string of the molecule is COC(=O)c1cncn1C(C)c1ccc(Br)cc1. The lowest BCUT2D eigenvalue weighted by molar-refractivity contribution is 0.0587. The molecule has 18 heavy (non-hydrogen) atoms. The van der Waals surface area contributed by atoms with Crippen molar-refractivity contribution in [2.45, 2.75) is 13.0 Å². The molecule has 1 heterocycles. The van der Waals surface area contributed by atoms with E-state index < -0.39 is 0 Å². The van der Waals surface area contributed by atoms with Crippen molar-refractivity contribution in [3.05, 3.63) is 52.5 Å². The minimum Gasteiger partial charge on any atom is -0.464 e. The van der Waals surface area contributed by atoms with Crippen LogP contribution in [-0.4, -0.2) is 22.6 Å². The Balaban J connectivity index is 2.34. The van der Waals surface area contributed by atoms with E-state index >= 15 is 0 Å². The van der Waals surface area contributed by atoms with Crippen molar-refractivity contribution >= 4 is 21.9 Å². The fraction of sp³-hybridized carbons (Fsp3) is 0.231. The molecule has 2 aromatic rings. The van der Waals surface area contributed by atoms with Crippen molar-refractivity contribution in [2.75, 3.05) is 7.11 Å². The number of aromatic nitrogens is 2. The maximum absolute atomic E-state index is 11.6. The molecule has 1 aromatic carbocycles. The van der Waals surface area contributed by atoms with E-state index in [4.69, 9.17) is 4.74 Å². The fourth-order valence-electron chi connectivity index (χ4n) is 1.78. The van der Waals surface area contributed by atoms with Gasteiger partial charge in [-0.25, -0.2) is 9.78 Å². The highest BCUT2D eigenvalue weighted by molar-refractivity contribution is 9.10. The van der Waals surface area contributed by atoms with Gasteiger partial charge in [-0.2, -0.15) is 0 Å². The molecule has 0 amide bonds. The molecule has 4 nitrogen and oxygen atoms in total. The van der Waals surface area contributed by atoms with Crippen LogP contribution in [0.2, 0.25) is 0 Å². The van der Waals surface area contributed by atoms with Crippen LogP contribution in [0.15, 0.2) is 41.3 Å². The molecular weight excluding hydrogens is 296 g/mol. The molecule has 0 spiro atoms. The Labute approximate surface area is 114 Å². The van der Waals surface area contributed by atoms with Crippen molar-refractivity contribution in [2.24, 2.45) is 0 Å². The van der Waals surface area contributed by atoms with Crippen LogP contribution < -0.4 is 0 Å². The molecule has 1 unspecified atom stereocenters. The van der Waals surface area contributed by atoms with Gasteiger partial charge in [0.25, 0.3) is 0 Å². The second kappa shape index (κ2) is 5.35. The summed E-state index contributed by atoms with van der Waals surface area (Å²) in [5.41, 5.74) is 1.55. The summed E-state index contributed by atoms with van der Waals surface area (Å²) >= 11 is 3.40. The minimum absolute atomic E-state index is 0.0229. The zero-order chi connectivity index (χ0) is 13.1. The summed E-state index contributed by atoms with van der Waals surface area (Å²) in [4.78, 5) is 15.6. The summed E-state index contributed by atoms with van der Waals surface area (Å²) in [7, 11) is 1.37. The van der Waals surface area contributed by atoms with E-state index in [1.807, 2.05) is 31.2 Å². The molecule has 5 heteroatoms. The van der Waals surface area contributed by atoms with E-state index in [1.54, 1.807) is 10.9 Å². The number of halogens is 1. The predicted octanol–water partition coefficient (Wildman–Crippen LogP) is 3.04. The Bertz CT molecular complexity index is 548. The number of hydrogen-bond acceptors (Lipinski definition) is 3. The number of esters is 1. The first-order chi connectivity index (χ1) is 8.63. The molecule has 2 rings (SSSR count). The topological polar surface area (TPSA) is 44.1 Å². The Morgan fingerprint density at radius 2 is 2.06 bits per heavy atom. The first kappa shape index (κ1) is 12.8. The third kappa shape index (κ3) is 2.46. The summed E-state index contributed by atoms with van der Waals surface area (Å²) in [6, 6.07) is 7.99. The third-order valence-electron chi connectivity index (χ3n) is 2.83. The fourth-order valence-corrected chi connectivity index (χ4v) is 2.04. The Morgan fingerprint density at radius 3 is 2.67 bits per heavy atom. The predicted molar refractivity (Wildman–Crippen MR) is 71.5 cm³/mol. The number of carbonyl (C=O) groups is 1. The summed E-state index contributed by atoms with van der Waals surface area (Å²) in [5, 5.41) is 0. The van der Waals surface area contributed by atoms with Gasteiger partial charge in [0, 0.05) is 4.47 Å². The molecule has 0 aliphatic rings. The molecule has 0 fully saturated rings. The van der Waals surface area contributed by atoms with E-state index in [9.17, 15) is 4.79 Å². The van der Waals surface area contributed by atoms with E-state index in [1.165, 1.54) is 13.3 Å². The average molecular weight is 309 g/mol. The molecule has 0 saturated carbocycles. The van der Waals surface area contributed by atoms with Crippen molar-refractivity contribution in [3.63, 3.8) is 0 Å². The summed E-state index contributed by atoms with van der Waals surface area (Å²) < 4.78 is 7.56. The highest BCUT2D eigenvalue weighted by Crippen LogP contribution is 2.21. The van der Waals surface area contributed by atoms with Gasteiger partial charge in [-0.3, -0.25) is 0 Å². The molecule has 0 radical (unpaired) electrons. The quantitative estimate of drug-likeness (QED) is 0.819. The van der Waals surface area contributed by atoms with Crippen LogP contribution >= 0.6 is 15.9 Å². The molecule has 94 valence electrons. The zero-order valence-corrected chi connectivity index (χ0v) is 11.7. The molecular formula is C13H13BrN2O2. The molecule has 0 aliphatic carbocycles. The maximum atomic E-state index is 11.6. The van der Waals surface area contributed by atoms with Gasteiger partial charge in [-0.05, 0) is 24.6 Å². The highest BCUT2D eigenvalue weighted by Gasteiger charge is 2.17. The first-order valence-electron chi connectivity index (χ1n) is 5.49. The van der Waals surface area contributed by atoms with E-state index in [2.05, 4.69) is 20.9 Å². The number of nitrogens with zero attached hydrogens (tertiary/aromatic N) is 2. The van der Waals surface area contributed by atoms with Crippen LogP contribution in [-0.2, 0) is 4.74 Å². The minimum atomic E-state index is -0.378. The van der Waals surface area contributed by atoms with Gasteiger partial charge in [-0.15, -0.1) is 0 Å². The molecule has 0 bridgehead atoms. The van der Waals surface area contributed by atoms with Crippen LogP contribution in [0.1, 0.15) is 29.0 Å². The Kier molecular flexibility index (Phi) is 3.81. The van der Waals surface area contributed by atoms with Gasteiger partial charge in [0.15, 0.2) is 0 Å². The number of rotatable bonds is 3. The largest absolute Gasteiger partial charge is 0.464 e. The van der Waals surface area contributed by atoms with Crippen LogP contribution in [0, 0.1) is 0 Å². The van der Waals surface area contributed by atoms with Gasteiger partial charge in [0.05, 0.1) is 25.7 Å². The molecule has 1 aromatic heterocycles. The molecule has 1 atom stereocenters. The van der Waals surface area contributed by atoms with Crippen LogP contribution in [0.5, 0.6) is 0 Å². The number of carbonyl (C=O) groups excluding carboxylic acids is 1. The second-order valence-corrected chi connectivity index (χ2v) is 4.82. The lowest BCUT2D eigenvalue weighted by Crippen LogP contribution is -2.14. The molecule has 0 saturated heterocycles. The Hall–Kier alpha value is -1.62. The number of benzene rings is 1. The maximum Gasteiger partial charge on any atom is 0.356 e. The van der Waals surface area contributed by atoms with Crippen molar-refractivity contribution in [1.29, 1.82) is 0 Å². The summed E-state index contributed by atoms with van der Waals surface area (Å²) in [5.74, 6) is -0.378. The number of ether oxygens (including phenoxy) is 1. The normalized spacial score (nSPS) is 12.2. The van der Waals surface area contributed by atoms with Crippen molar-refractivity contribution < 1.29 is 9.53 Å². The lowest BCUT2D eigenvalue weighted by Gasteiger charge is -2.16. The second-order valence-electron chi connectivity index (χ2n) is 3.91. The van der Waals surface area contributed by atoms with Gasteiger partial charge < -0.3 is 9.30 Å². The smallest absolute Gasteiger partial charge is 0.356 e. The molecule has 0 N–H and O–H groups in total. The van der Waals surface area contributed by atoms with Gasteiger partial charge in [-0.1, -0.05) is 28.1 Å². The highest BCUT2D eigenvalue weighted by atomic mass is 79.9. The van der Waals surface area contributed by atoms with Crippen molar-refractivity contribution in [1.82, 2.24) is 9.55 Å². The summed E-state index contributed by atoms with van der Waals surface area (Å²) in [6.45, 7) is 2.01. The van der Waals surface area contributed by atoms with Crippen LogP contribution in [0.25, 0.3) is 0 Å². The van der Waals surface area contributed by atoms with Crippen LogP contribution in [0.4, 0.5) is 0 Å². The van der Waals surface area contributed by atoms with Gasteiger partial charge >= 0.3 is 5.97 Å². The van der Waals surface area contributed by atoms with E-state index in [0.29, 0.717) is 5.69 Å². The van der Waals surface area contributed by atoms with Gasteiger partial charge in [0.1, 0.15) is 5.69 Å². The third-order valence-corrected chi connectivity index (χ3v) is 3.36. The first-order valence-corrected chi connectivity index (χ1v) is 6.28. The number of hydrogen-bond donors (Lipinski definition) is 0. The zero-order valence-electron chi connectivity index (χ0n) is 10.1. The average Bonchev–Trinajstić information content (AvgIpc) is 2.87. The monoisotopic (exact) mass is 308 g/mol. The van der Waals surface area contributed by atoms with Crippen LogP contribution in [0.3, 0.4) is 0 Å². The number of imidazole rings is 1. The Morgan fingerprint density at radius 1 is 1.39 bits per heavy atom. The van der Waals surface area contributed by atoms with E-state index in [0.717, 1.165) is 10.0 Å². The van der Waals surface area contributed by atoms with Crippen molar-refractivity contribution in [3.8, 4) is 0 Å². The van der Waals surface area contributed by atoms with E-state index in [-0.39, 0.29) is 12.0 Å². The number of methoxy groups -OCH3 is 1. The lowest BCUT2D eigenvalue weighted by atomic mass is 10.1.